The number of rotatable bonds is 4. The molecule has 0 amide bonds. The van der Waals surface area contributed by atoms with Gasteiger partial charge in [-0.2, -0.15) is 0 Å². The largest absolute Gasteiger partial charge is 0.453 e. The Morgan fingerprint density at radius 3 is 2.56 bits per heavy atom. The van der Waals surface area contributed by atoms with Gasteiger partial charge in [0.2, 0.25) is 0 Å². The van der Waals surface area contributed by atoms with Crippen molar-refractivity contribution in [2.75, 3.05) is 11.4 Å². The van der Waals surface area contributed by atoms with Crippen molar-refractivity contribution in [3.8, 4) is 5.75 Å². The number of para-hydroxylation sites is 1. The third kappa shape index (κ3) is 5.15. The number of benzene rings is 2. The van der Waals surface area contributed by atoms with Gasteiger partial charge in [-0.15, -0.1) is 0 Å². The maximum Gasteiger partial charge on any atom is 0.162 e. The topological polar surface area (TPSA) is 75.9 Å². The SMILES string of the molecule is CC.CC=NC(=NCC)c1ccc2c(c1)N(c1ccccc1)C1=C(C=CC(c3ncncn3)=CC1)O2. The highest BCUT2D eigenvalue weighted by molar-refractivity contribution is 6.04. The van der Waals surface area contributed by atoms with E-state index in [1.807, 2.05) is 70.2 Å². The Kier molecular flexibility index (Phi) is 8.13. The van der Waals surface area contributed by atoms with Crippen molar-refractivity contribution in [3.05, 3.63) is 102 Å². The lowest BCUT2D eigenvalue weighted by Gasteiger charge is -2.34. The zero-order valence-corrected chi connectivity index (χ0v) is 21.1. The van der Waals surface area contributed by atoms with Crippen LogP contribution in [0.2, 0.25) is 0 Å². The predicted molar refractivity (Wildman–Crippen MR) is 147 cm³/mol. The molecule has 3 aromatic rings. The number of hydrogen-bond donors (Lipinski definition) is 0. The van der Waals surface area contributed by atoms with Crippen LogP contribution in [0.15, 0.2) is 101 Å². The lowest BCUT2D eigenvalue weighted by molar-refractivity contribution is 0.427. The fourth-order valence-corrected chi connectivity index (χ4v) is 4.02. The summed E-state index contributed by atoms with van der Waals surface area (Å²) in [6.45, 7) is 8.57. The Balaban J connectivity index is 0.00000148. The summed E-state index contributed by atoms with van der Waals surface area (Å²) >= 11 is 0. The number of anilines is 2. The summed E-state index contributed by atoms with van der Waals surface area (Å²) < 4.78 is 6.39. The molecule has 0 unspecified atom stereocenters. The van der Waals surface area contributed by atoms with Crippen LogP contribution in [0.4, 0.5) is 11.4 Å². The number of fused-ring (bicyclic) bond motifs is 1. The minimum absolute atomic E-state index is 0.634. The van der Waals surface area contributed by atoms with Crippen LogP contribution >= 0.6 is 0 Å². The highest BCUT2D eigenvalue weighted by Crippen LogP contribution is 2.45. The lowest BCUT2D eigenvalue weighted by atomic mass is 10.1. The van der Waals surface area contributed by atoms with E-state index in [1.54, 1.807) is 6.21 Å². The van der Waals surface area contributed by atoms with Crippen LogP contribution in [0.5, 0.6) is 5.75 Å². The second kappa shape index (κ2) is 11.8. The highest BCUT2D eigenvalue weighted by Gasteiger charge is 2.28. The third-order valence-electron chi connectivity index (χ3n) is 5.49. The summed E-state index contributed by atoms with van der Waals surface area (Å²) in [5.41, 5.74) is 4.90. The molecule has 2 aromatic carbocycles. The summed E-state index contributed by atoms with van der Waals surface area (Å²) in [6.07, 6.45) is 11.5. The van der Waals surface area contributed by atoms with Gasteiger partial charge in [0.05, 0.1) is 11.4 Å². The molecule has 0 fully saturated rings. The van der Waals surface area contributed by atoms with Gasteiger partial charge in [0.25, 0.3) is 0 Å². The molecule has 1 aliphatic carbocycles. The number of nitrogens with zero attached hydrogens (tertiary/aromatic N) is 6. The molecule has 1 aliphatic heterocycles. The van der Waals surface area contributed by atoms with Crippen LogP contribution in [-0.4, -0.2) is 33.5 Å². The van der Waals surface area contributed by atoms with Crippen molar-refractivity contribution in [1.29, 1.82) is 0 Å². The van der Waals surface area contributed by atoms with E-state index in [-0.39, 0.29) is 0 Å². The fourth-order valence-electron chi connectivity index (χ4n) is 4.02. The van der Waals surface area contributed by atoms with Gasteiger partial charge >= 0.3 is 0 Å². The molecule has 0 spiro atoms. The second-order valence-corrected chi connectivity index (χ2v) is 7.61. The normalized spacial score (nSPS) is 14.8. The zero-order chi connectivity index (χ0) is 25.3. The molecule has 2 heterocycles. The van der Waals surface area contributed by atoms with Gasteiger partial charge in [0.1, 0.15) is 18.4 Å². The van der Waals surface area contributed by atoms with Gasteiger partial charge in [0.15, 0.2) is 17.4 Å². The van der Waals surface area contributed by atoms with Gasteiger partial charge in [-0.05, 0) is 56.3 Å². The first-order chi connectivity index (χ1) is 17.8. The molecule has 1 aromatic heterocycles. The summed E-state index contributed by atoms with van der Waals surface area (Å²) in [5.74, 6) is 2.91. The average Bonchev–Trinajstić information content (AvgIpc) is 3.16. The Labute approximate surface area is 212 Å². The van der Waals surface area contributed by atoms with E-state index in [4.69, 9.17) is 4.74 Å². The molecule has 5 rings (SSSR count). The quantitative estimate of drug-likeness (QED) is 0.314. The maximum absolute atomic E-state index is 6.39. The van der Waals surface area contributed by atoms with E-state index in [0.717, 1.165) is 39.7 Å². The van der Waals surface area contributed by atoms with Crippen LogP contribution in [0, 0.1) is 0 Å². The third-order valence-corrected chi connectivity index (χ3v) is 5.49. The first-order valence-corrected chi connectivity index (χ1v) is 12.2. The first kappa shape index (κ1) is 24.7. The molecule has 0 saturated carbocycles. The van der Waals surface area contributed by atoms with E-state index in [2.05, 4.69) is 54.1 Å². The molecule has 0 atom stereocenters. The molecule has 0 N–H and O–H groups in total. The van der Waals surface area contributed by atoms with E-state index < -0.39 is 0 Å². The number of amidine groups is 1. The average molecular weight is 479 g/mol. The standard InChI is InChI=1S/C27H24N6O.C2H6/c1-3-29-27(30-4-2)20-12-15-25-23(16-20)33(21-8-6-5-7-9-21)22-13-10-19(11-14-24(22)34-25)26-31-17-28-18-32-26;1-2/h3,5-12,14-18H,4,13H2,1-2H3;1-2H3. The van der Waals surface area contributed by atoms with E-state index in [9.17, 15) is 0 Å². The maximum atomic E-state index is 6.39. The van der Waals surface area contributed by atoms with Crippen molar-refractivity contribution >= 4 is 29.0 Å². The number of allylic oxidation sites excluding steroid dienone is 4. The molecule has 182 valence electrons. The minimum atomic E-state index is 0.634. The first-order valence-electron chi connectivity index (χ1n) is 12.2. The van der Waals surface area contributed by atoms with E-state index in [0.29, 0.717) is 24.6 Å². The molecule has 0 saturated heterocycles. The van der Waals surface area contributed by atoms with Gasteiger partial charge in [-0.3, -0.25) is 4.99 Å². The van der Waals surface area contributed by atoms with Crippen molar-refractivity contribution < 1.29 is 4.74 Å². The summed E-state index contributed by atoms with van der Waals surface area (Å²) in [5, 5.41) is 0. The Morgan fingerprint density at radius 1 is 1.06 bits per heavy atom. The molecule has 7 nitrogen and oxygen atoms in total. The van der Waals surface area contributed by atoms with Crippen molar-refractivity contribution in [2.24, 2.45) is 9.98 Å². The number of aliphatic imine (C=N–C) groups is 2. The fraction of sp³-hybridized carbons (Fsp3) is 0.207. The number of hydrogen-bond acceptors (Lipinski definition) is 6. The van der Waals surface area contributed by atoms with Crippen molar-refractivity contribution in [3.63, 3.8) is 0 Å². The van der Waals surface area contributed by atoms with Crippen molar-refractivity contribution in [1.82, 2.24) is 15.0 Å². The number of aromatic nitrogens is 3. The van der Waals surface area contributed by atoms with Crippen LogP contribution in [0.25, 0.3) is 5.57 Å². The highest BCUT2D eigenvalue weighted by atomic mass is 16.5. The monoisotopic (exact) mass is 478 g/mol. The van der Waals surface area contributed by atoms with Crippen LogP contribution in [0.3, 0.4) is 0 Å². The number of ether oxygens (including phenoxy) is 1. The lowest BCUT2D eigenvalue weighted by Crippen LogP contribution is -2.24. The Morgan fingerprint density at radius 2 is 1.83 bits per heavy atom. The molecule has 7 heteroatoms. The van der Waals surface area contributed by atoms with Gasteiger partial charge < -0.3 is 9.64 Å². The Bertz CT molecular complexity index is 1340. The van der Waals surface area contributed by atoms with E-state index in [1.165, 1.54) is 12.7 Å². The summed E-state index contributed by atoms with van der Waals surface area (Å²) in [7, 11) is 0. The predicted octanol–water partition coefficient (Wildman–Crippen LogP) is 6.54. The molecule has 0 radical (unpaired) electrons. The van der Waals surface area contributed by atoms with Crippen molar-refractivity contribution in [2.45, 2.75) is 34.1 Å². The minimum Gasteiger partial charge on any atom is -0.453 e. The van der Waals surface area contributed by atoms with Gasteiger partial charge in [-0.1, -0.05) is 38.1 Å². The van der Waals surface area contributed by atoms with Crippen LogP contribution < -0.4 is 9.64 Å². The second-order valence-electron chi connectivity index (χ2n) is 7.61. The molecule has 2 aliphatic rings. The molecule has 36 heavy (non-hydrogen) atoms. The zero-order valence-electron chi connectivity index (χ0n) is 21.1. The molecular formula is C29H30N6O. The molecule has 0 bridgehead atoms. The van der Waals surface area contributed by atoms with E-state index >= 15 is 0 Å². The Hall–Kier alpha value is -4.39. The van der Waals surface area contributed by atoms with Gasteiger partial charge in [0, 0.05) is 36.0 Å². The van der Waals surface area contributed by atoms with Crippen LogP contribution in [0.1, 0.15) is 45.5 Å². The molecular weight excluding hydrogens is 448 g/mol. The summed E-state index contributed by atoms with van der Waals surface area (Å²) in [4.78, 5) is 23.8. The smallest absolute Gasteiger partial charge is 0.162 e. The van der Waals surface area contributed by atoms with Crippen LogP contribution in [-0.2, 0) is 0 Å². The summed E-state index contributed by atoms with van der Waals surface area (Å²) in [6, 6.07) is 16.4. The van der Waals surface area contributed by atoms with Gasteiger partial charge in [-0.25, -0.2) is 19.9 Å².